The number of aliphatic hydroxyl groups excluding tert-OH is 1. The highest BCUT2D eigenvalue weighted by Gasteiger charge is 2.29. The van der Waals surface area contributed by atoms with E-state index in [4.69, 9.17) is 0 Å². The molecule has 0 unspecified atom stereocenters. The van der Waals surface area contributed by atoms with E-state index in [2.05, 4.69) is 10.6 Å². The van der Waals surface area contributed by atoms with Crippen LogP contribution >= 0.6 is 0 Å². The van der Waals surface area contributed by atoms with E-state index in [1.54, 1.807) is 34.6 Å². The Morgan fingerprint density at radius 2 is 1.83 bits per heavy atom. The van der Waals surface area contributed by atoms with Crippen molar-refractivity contribution in [2.45, 2.75) is 47.2 Å². The first-order valence-electron chi connectivity index (χ1n) is 9.31. The molecule has 0 radical (unpaired) electrons. The molecule has 0 bridgehead atoms. The van der Waals surface area contributed by atoms with Crippen molar-refractivity contribution in [3.63, 3.8) is 0 Å². The molecule has 0 spiro atoms. The van der Waals surface area contributed by atoms with Gasteiger partial charge in [0, 0.05) is 24.0 Å². The van der Waals surface area contributed by atoms with Crippen LogP contribution < -0.4 is 10.6 Å². The first-order valence-corrected chi connectivity index (χ1v) is 9.31. The number of ketones is 1. The number of anilines is 1. The number of nitrogens with zero attached hydrogens (tertiary/aromatic N) is 1. The van der Waals surface area contributed by atoms with Gasteiger partial charge in [-0.3, -0.25) is 14.4 Å². The van der Waals surface area contributed by atoms with Crippen molar-refractivity contribution in [3.8, 4) is 0 Å². The smallest absolute Gasteiger partial charge is 0.294 e. The molecule has 0 saturated carbocycles. The molecule has 3 N–H and O–H groups in total. The highest BCUT2D eigenvalue weighted by atomic mass is 19.1. The van der Waals surface area contributed by atoms with Crippen molar-refractivity contribution < 1.29 is 23.9 Å². The second kappa shape index (κ2) is 9.00. The van der Waals surface area contributed by atoms with Gasteiger partial charge in [0.1, 0.15) is 5.82 Å². The number of benzene rings is 1. The zero-order valence-corrected chi connectivity index (χ0v) is 17.2. The molecule has 1 heterocycles. The number of carbonyl (C=O) groups is 3. The van der Waals surface area contributed by atoms with Crippen molar-refractivity contribution in [2.75, 3.05) is 11.9 Å². The van der Waals surface area contributed by atoms with E-state index in [9.17, 15) is 23.9 Å². The molecule has 0 fully saturated rings. The van der Waals surface area contributed by atoms with E-state index in [0.29, 0.717) is 22.5 Å². The summed E-state index contributed by atoms with van der Waals surface area (Å²) < 4.78 is 14.9. The minimum atomic E-state index is -0.777. The molecular formula is C21H26FN3O4. The molecule has 0 atom stereocenters. The van der Waals surface area contributed by atoms with Crippen LogP contribution in [0.4, 0.5) is 10.1 Å². The Kier molecular flexibility index (Phi) is 6.92. The maximum atomic E-state index is 13.5. The zero-order valence-electron chi connectivity index (χ0n) is 17.2. The number of amides is 2. The molecule has 0 aliphatic heterocycles. The van der Waals surface area contributed by atoms with Crippen molar-refractivity contribution >= 4 is 23.3 Å². The molecule has 156 valence electrons. The summed E-state index contributed by atoms with van der Waals surface area (Å²) in [7, 11) is 0. The SMILES string of the molecule is Cc1cc(NC(=O)c2c(C)c(C(=O)C(=O)NC(C)C)n(CCO)c2C)ccc1F. The first-order chi connectivity index (χ1) is 13.6. The van der Waals surface area contributed by atoms with Crippen LogP contribution in [0.1, 0.15) is 51.5 Å². The number of aliphatic hydroxyl groups is 1. The van der Waals surface area contributed by atoms with Gasteiger partial charge in [-0.15, -0.1) is 0 Å². The van der Waals surface area contributed by atoms with E-state index in [-0.39, 0.29) is 36.3 Å². The molecule has 2 rings (SSSR count). The molecule has 2 aromatic rings. The molecule has 1 aromatic heterocycles. The Morgan fingerprint density at radius 1 is 1.17 bits per heavy atom. The molecule has 0 aliphatic rings. The Labute approximate surface area is 168 Å². The minimum absolute atomic E-state index is 0.0612. The predicted molar refractivity (Wildman–Crippen MR) is 108 cm³/mol. The third-order valence-electron chi connectivity index (χ3n) is 4.57. The molecule has 2 amide bonds. The lowest BCUT2D eigenvalue weighted by molar-refractivity contribution is -0.117. The molecule has 29 heavy (non-hydrogen) atoms. The van der Waals surface area contributed by atoms with Gasteiger partial charge in [0.15, 0.2) is 0 Å². The summed E-state index contributed by atoms with van der Waals surface area (Å²) in [5, 5.41) is 14.6. The number of Topliss-reactive ketones (excluding diaryl/α,β-unsaturated/α-hetero) is 1. The lowest BCUT2D eigenvalue weighted by atomic mass is 10.1. The predicted octanol–water partition coefficient (Wildman–Crippen LogP) is 2.50. The van der Waals surface area contributed by atoms with Crippen LogP contribution in [0.2, 0.25) is 0 Å². The van der Waals surface area contributed by atoms with Crippen molar-refractivity contribution in [2.24, 2.45) is 0 Å². The summed E-state index contributed by atoms with van der Waals surface area (Å²) in [6.45, 7) is 8.08. The summed E-state index contributed by atoms with van der Waals surface area (Å²) in [5.74, 6) is -2.42. The average Bonchev–Trinajstić information content (AvgIpc) is 2.87. The largest absolute Gasteiger partial charge is 0.395 e. The number of nitrogens with one attached hydrogen (secondary N) is 2. The van der Waals surface area contributed by atoms with E-state index in [1.165, 1.54) is 22.8 Å². The van der Waals surface area contributed by atoms with Crippen LogP contribution in [-0.2, 0) is 11.3 Å². The van der Waals surface area contributed by atoms with E-state index < -0.39 is 17.6 Å². The fourth-order valence-electron chi connectivity index (χ4n) is 3.25. The van der Waals surface area contributed by atoms with Gasteiger partial charge in [-0.2, -0.15) is 0 Å². The molecule has 8 heteroatoms. The van der Waals surface area contributed by atoms with Gasteiger partial charge in [-0.05, 0) is 63.9 Å². The van der Waals surface area contributed by atoms with Gasteiger partial charge in [0.2, 0.25) is 0 Å². The van der Waals surface area contributed by atoms with Crippen LogP contribution in [0.3, 0.4) is 0 Å². The fourth-order valence-corrected chi connectivity index (χ4v) is 3.25. The van der Waals surface area contributed by atoms with Crippen molar-refractivity contribution in [1.82, 2.24) is 9.88 Å². The summed E-state index contributed by atoms with van der Waals surface area (Å²) in [5.41, 5.74) is 1.89. The Balaban J connectivity index is 2.46. The van der Waals surface area contributed by atoms with Crippen LogP contribution in [0.5, 0.6) is 0 Å². The second-order valence-electron chi connectivity index (χ2n) is 7.18. The van der Waals surface area contributed by atoms with Crippen LogP contribution in [0.25, 0.3) is 0 Å². The number of rotatable bonds is 7. The number of hydrogen-bond donors (Lipinski definition) is 3. The summed E-state index contributed by atoms with van der Waals surface area (Å²) >= 11 is 0. The molecule has 0 aliphatic carbocycles. The lowest BCUT2D eigenvalue weighted by Crippen LogP contribution is -2.37. The third kappa shape index (κ3) is 4.71. The Bertz CT molecular complexity index is 963. The maximum Gasteiger partial charge on any atom is 0.294 e. The molecule has 1 aromatic carbocycles. The third-order valence-corrected chi connectivity index (χ3v) is 4.57. The number of carbonyl (C=O) groups excluding carboxylic acids is 3. The monoisotopic (exact) mass is 403 g/mol. The van der Waals surface area contributed by atoms with Gasteiger partial charge in [0.25, 0.3) is 17.6 Å². The lowest BCUT2D eigenvalue weighted by Gasteiger charge is -2.11. The number of halogens is 1. The second-order valence-corrected chi connectivity index (χ2v) is 7.18. The van der Waals surface area contributed by atoms with Gasteiger partial charge in [0.05, 0.1) is 17.9 Å². The highest BCUT2D eigenvalue weighted by molar-refractivity contribution is 6.43. The van der Waals surface area contributed by atoms with E-state index in [1.807, 2.05) is 0 Å². The van der Waals surface area contributed by atoms with Gasteiger partial charge < -0.3 is 20.3 Å². The quantitative estimate of drug-likeness (QED) is 0.488. The summed E-state index contributed by atoms with van der Waals surface area (Å²) in [6.07, 6.45) is 0. The van der Waals surface area contributed by atoms with Crippen LogP contribution in [0, 0.1) is 26.6 Å². The number of aryl methyl sites for hydroxylation is 1. The normalized spacial score (nSPS) is 10.9. The maximum absolute atomic E-state index is 13.5. The molecule has 7 nitrogen and oxygen atoms in total. The van der Waals surface area contributed by atoms with Crippen molar-refractivity contribution in [3.05, 3.63) is 52.1 Å². The first kappa shape index (κ1) is 22.3. The van der Waals surface area contributed by atoms with Crippen molar-refractivity contribution in [1.29, 1.82) is 0 Å². The van der Waals surface area contributed by atoms with Crippen LogP contribution in [0.15, 0.2) is 18.2 Å². The van der Waals surface area contributed by atoms with Gasteiger partial charge >= 0.3 is 0 Å². The van der Waals surface area contributed by atoms with E-state index in [0.717, 1.165) is 0 Å². The average molecular weight is 403 g/mol. The fraction of sp³-hybridized carbons (Fsp3) is 0.381. The summed E-state index contributed by atoms with van der Waals surface area (Å²) in [4.78, 5) is 37.9. The standard InChI is InChI=1S/C21H26FN3O4/c1-11(2)23-21(29)19(27)18-13(4)17(14(5)25(18)8-9-26)20(28)24-15-6-7-16(22)12(3)10-15/h6-7,10-11,26H,8-9H2,1-5H3,(H,23,29)(H,24,28). The number of hydrogen-bond acceptors (Lipinski definition) is 4. The van der Waals surface area contributed by atoms with Crippen LogP contribution in [-0.4, -0.2) is 39.9 Å². The van der Waals surface area contributed by atoms with Gasteiger partial charge in [-0.25, -0.2) is 4.39 Å². The van der Waals surface area contributed by atoms with E-state index >= 15 is 0 Å². The minimum Gasteiger partial charge on any atom is -0.395 e. The Morgan fingerprint density at radius 3 is 2.38 bits per heavy atom. The van der Waals surface area contributed by atoms with Gasteiger partial charge in [-0.1, -0.05) is 0 Å². The molecular weight excluding hydrogens is 377 g/mol. The number of aromatic nitrogens is 1. The summed E-state index contributed by atoms with van der Waals surface area (Å²) in [6, 6.07) is 3.98. The topological polar surface area (TPSA) is 100 Å². The zero-order chi connectivity index (χ0) is 21.9. The highest BCUT2D eigenvalue weighted by Crippen LogP contribution is 2.25. The molecule has 0 saturated heterocycles. The Hall–Kier alpha value is -3.00.